The van der Waals surface area contributed by atoms with Crippen molar-refractivity contribution in [3.05, 3.63) is 57.4 Å². The molecule has 122 valence electrons. The first-order valence-corrected chi connectivity index (χ1v) is 9.24. The summed E-state index contributed by atoms with van der Waals surface area (Å²) in [7, 11) is 1.90. The van der Waals surface area contributed by atoms with Crippen LogP contribution in [-0.2, 0) is 0 Å². The molecule has 4 heterocycles. The number of thiophene rings is 1. The standard InChI is InChI=1S/C16H16N6S2/c1-18-15-13(10-8-24-16(17)20-10)21-12(11-5-3-7-23-11)9-4-2-6-19-14(9)22-15/h2-8,13,15,18H,1H3,(H2,17,20)(H,19,22). The minimum atomic E-state index is -0.199. The van der Waals surface area contributed by atoms with Gasteiger partial charge in [0.1, 0.15) is 18.0 Å². The maximum absolute atomic E-state index is 5.83. The predicted octanol–water partition coefficient (Wildman–Crippen LogP) is 2.73. The molecule has 3 aromatic heterocycles. The number of nitrogens with two attached hydrogens (primary N) is 1. The van der Waals surface area contributed by atoms with Gasteiger partial charge in [0, 0.05) is 17.1 Å². The lowest BCUT2D eigenvalue weighted by Crippen LogP contribution is -2.38. The topological polar surface area (TPSA) is 88.2 Å². The molecule has 0 amide bonds. The number of nitrogen functional groups attached to an aromatic ring is 1. The number of pyridine rings is 1. The van der Waals surface area contributed by atoms with Gasteiger partial charge in [0.05, 0.1) is 16.3 Å². The van der Waals surface area contributed by atoms with E-state index in [1.165, 1.54) is 11.3 Å². The van der Waals surface area contributed by atoms with Crippen molar-refractivity contribution >= 4 is 39.3 Å². The van der Waals surface area contributed by atoms with Crippen LogP contribution in [0.5, 0.6) is 0 Å². The highest BCUT2D eigenvalue weighted by molar-refractivity contribution is 7.13. The molecule has 4 N–H and O–H groups in total. The number of hydrogen-bond acceptors (Lipinski definition) is 8. The molecular weight excluding hydrogens is 340 g/mol. The van der Waals surface area contributed by atoms with Crippen LogP contribution in [0.1, 0.15) is 22.2 Å². The van der Waals surface area contributed by atoms with Crippen molar-refractivity contribution < 1.29 is 0 Å². The van der Waals surface area contributed by atoms with Crippen LogP contribution in [0.15, 0.2) is 46.2 Å². The average Bonchev–Trinajstić information content (AvgIpc) is 3.24. The summed E-state index contributed by atoms with van der Waals surface area (Å²) in [6, 6.07) is 7.88. The summed E-state index contributed by atoms with van der Waals surface area (Å²) in [4.78, 5) is 15.1. The second-order valence-corrected chi connectivity index (χ2v) is 7.16. The highest BCUT2D eigenvalue weighted by Crippen LogP contribution is 2.32. The Hall–Kier alpha value is -2.29. The van der Waals surface area contributed by atoms with E-state index in [9.17, 15) is 0 Å². The van der Waals surface area contributed by atoms with Crippen molar-refractivity contribution in [3.8, 4) is 0 Å². The average molecular weight is 356 g/mol. The first-order chi connectivity index (χ1) is 11.8. The molecule has 8 heteroatoms. The molecule has 1 aliphatic heterocycles. The largest absolute Gasteiger partial charge is 0.375 e. The Kier molecular flexibility index (Phi) is 4.01. The van der Waals surface area contributed by atoms with Crippen LogP contribution in [0.3, 0.4) is 0 Å². The van der Waals surface area contributed by atoms with Crippen LogP contribution < -0.4 is 16.4 Å². The van der Waals surface area contributed by atoms with E-state index in [2.05, 4.69) is 32.0 Å². The minimum Gasteiger partial charge on any atom is -0.375 e. The fourth-order valence-electron chi connectivity index (χ4n) is 2.73. The Morgan fingerprint density at radius 1 is 1.25 bits per heavy atom. The molecule has 0 fully saturated rings. The van der Waals surface area contributed by atoms with E-state index in [4.69, 9.17) is 10.7 Å². The SMILES string of the molecule is CNC1Nc2ncccc2C(c2cccs2)=NC1c1csc(N)n1. The van der Waals surface area contributed by atoms with Gasteiger partial charge in [-0.05, 0) is 30.6 Å². The Labute approximate surface area is 147 Å². The number of rotatable bonds is 3. The Balaban J connectivity index is 1.90. The van der Waals surface area contributed by atoms with Crippen molar-refractivity contribution in [2.24, 2.45) is 4.99 Å². The van der Waals surface area contributed by atoms with Crippen LogP contribution in [-0.4, -0.2) is 28.9 Å². The van der Waals surface area contributed by atoms with E-state index in [0.29, 0.717) is 5.13 Å². The maximum Gasteiger partial charge on any atom is 0.180 e. The zero-order valence-corrected chi connectivity index (χ0v) is 14.6. The molecule has 6 nitrogen and oxygen atoms in total. The van der Waals surface area contributed by atoms with E-state index in [1.54, 1.807) is 17.5 Å². The number of aromatic nitrogens is 2. The van der Waals surface area contributed by atoms with Crippen molar-refractivity contribution in [3.63, 3.8) is 0 Å². The fraction of sp³-hybridized carbons (Fsp3) is 0.188. The van der Waals surface area contributed by atoms with Crippen molar-refractivity contribution in [1.82, 2.24) is 15.3 Å². The summed E-state index contributed by atoms with van der Waals surface area (Å²) in [6.45, 7) is 0. The van der Waals surface area contributed by atoms with Crippen LogP contribution in [0.25, 0.3) is 0 Å². The lowest BCUT2D eigenvalue weighted by molar-refractivity contribution is 0.515. The summed E-state index contributed by atoms with van der Waals surface area (Å²) in [5.41, 5.74) is 8.60. The lowest BCUT2D eigenvalue weighted by Gasteiger charge is -2.22. The first-order valence-electron chi connectivity index (χ1n) is 7.48. The molecule has 0 aliphatic carbocycles. The number of fused-ring (bicyclic) bond motifs is 1. The zero-order valence-electron chi connectivity index (χ0n) is 12.9. The quantitative estimate of drug-likeness (QED) is 0.671. The van der Waals surface area contributed by atoms with Gasteiger partial charge in [-0.3, -0.25) is 10.3 Å². The van der Waals surface area contributed by atoms with Gasteiger partial charge < -0.3 is 11.1 Å². The van der Waals surface area contributed by atoms with Gasteiger partial charge in [-0.1, -0.05) is 6.07 Å². The van der Waals surface area contributed by atoms with Gasteiger partial charge in [0.15, 0.2) is 5.13 Å². The molecule has 0 spiro atoms. The first kappa shape index (κ1) is 15.3. The number of anilines is 2. The number of nitrogens with one attached hydrogen (secondary N) is 2. The van der Waals surface area contributed by atoms with E-state index >= 15 is 0 Å². The van der Waals surface area contributed by atoms with Gasteiger partial charge >= 0.3 is 0 Å². The number of aliphatic imine (C=N–C) groups is 1. The number of hydrogen-bond donors (Lipinski definition) is 3. The van der Waals surface area contributed by atoms with Crippen molar-refractivity contribution in [2.45, 2.75) is 12.2 Å². The van der Waals surface area contributed by atoms with E-state index in [0.717, 1.165) is 27.7 Å². The summed E-state index contributed by atoms with van der Waals surface area (Å²) in [5.74, 6) is 0.815. The third-order valence-electron chi connectivity index (χ3n) is 3.85. The monoisotopic (exact) mass is 356 g/mol. The molecule has 3 aromatic rings. The highest BCUT2D eigenvalue weighted by Gasteiger charge is 2.30. The van der Waals surface area contributed by atoms with Crippen LogP contribution >= 0.6 is 22.7 Å². The summed E-state index contributed by atoms with van der Waals surface area (Å²) in [6.07, 6.45) is 1.66. The third-order valence-corrected chi connectivity index (χ3v) is 5.42. The molecule has 24 heavy (non-hydrogen) atoms. The van der Waals surface area contributed by atoms with E-state index in [-0.39, 0.29) is 12.2 Å². The van der Waals surface area contributed by atoms with Crippen LogP contribution in [0, 0.1) is 0 Å². The third kappa shape index (κ3) is 2.68. The van der Waals surface area contributed by atoms with E-state index < -0.39 is 0 Å². The summed E-state index contributed by atoms with van der Waals surface area (Å²) >= 11 is 3.09. The molecule has 1 aliphatic rings. The molecule has 0 bridgehead atoms. The van der Waals surface area contributed by atoms with Crippen molar-refractivity contribution in [1.29, 1.82) is 0 Å². The molecule has 2 unspecified atom stereocenters. The number of likely N-dealkylation sites (N-methyl/N-ethyl adjacent to an activating group) is 1. The number of thiazole rings is 1. The van der Waals surface area contributed by atoms with Gasteiger partial charge in [0.25, 0.3) is 0 Å². The second kappa shape index (κ2) is 6.31. The lowest BCUT2D eigenvalue weighted by atomic mass is 10.1. The number of nitrogens with zero attached hydrogens (tertiary/aromatic N) is 3. The summed E-state index contributed by atoms with van der Waals surface area (Å²) in [5, 5.41) is 11.3. The zero-order chi connectivity index (χ0) is 16.5. The Morgan fingerprint density at radius 2 is 2.17 bits per heavy atom. The molecule has 0 saturated carbocycles. The predicted molar refractivity (Wildman–Crippen MR) is 99.9 cm³/mol. The van der Waals surface area contributed by atoms with Crippen LogP contribution in [0.4, 0.5) is 10.9 Å². The maximum atomic E-state index is 5.83. The fourth-order valence-corrected chi connectivity index (χ4v) is 4.06. The molecule has 0 saturated heterocycles. The van der Waals surface area contributed by atoms with Crippen molar-refractivity contribution in [2.75, 3.05) is 18.1 Å². The van der Waals surface area contributed by atoms with Gasteiger partial charge in [-0.2, -0.15) is 0 Å². The Bertz CT molecular complexity index is 870. The van der Waals surface area contributed by atoms with Crippen LogP contribution in [0.2, 0.25) is 0 Å². The normalized spacial score (nSPS) is 20.0. The van der Waals surface area contributed by atoms with E-state index in [1.807, 2.05) is 30.6 Å². The smallest absolute Gasteiger partial charge is 0.180 e. The highest BCUT2D eigenvalue weighted by atomic mass is 32.1. The molecule has 0 aromatic carbocycles. The molecule has 2 atom stereocenters. The molecular formula is C16H16N6S2. The van der Waals surface area contributed by atoms with Gasteiger partial charge in [-0.25, -0.2) is 9.97 Å². The van der Waals surface area contributed by atoms with Gasteiger partial charge in [-0.15, -0.1) is 22.7 Å². The minimum absolute atomic E-state index is 0.127. The second-order valence-electron chi connectivity index (χ2n) is 5.32. The molecule has 4 rings (SSSR count). The van der Waals surface area contributed by atoms with Gasteiger partial charge in [0.2, 0.25) is 0 Å². The Morgan fingerprint density at radius 3 is 2.88 bits per heavy atom. The summed E-state index contributed by atoms with van der Waals surface area (Å²) < 4.78 is 0. The molecule has 0 radical (unpaired) electrons.